The van der Waals surface area contributed by atoms with Crippen LogP contribution in [0.25, 0.3) is 0 Å². The number of hydrogen-bond donors (Lipinski definition) is 2. The first-order chi connectivity index (χ1) is 10.3. The van der Waals surface area contributed by atoms with Crippen molar-refractivity contribution in [2.75, 3.05) is 32.8 Å². The Labute approximate surface area is 158 Å². The van der Waals surface area contributed by atoms with Gasteiger partial charge in [0.25, 0.3) is 0 Å². The summed E-state index contributed by atoms with van der Waals surface area (Å²) in [4.78, 5) is 6.91. The molecule has 6 heteroatoms. The van der Waals surface area contributed by atoms with Crippen molar-refractivity contribution in [2.45, 2.75) is 59.1 Å². The monoisotopic (exact) mass is 439 g/mol. The highest BCUT2D eigenvalue weighted by atomic mass is 127. The fourth-order valence-corrected chi connectivity index (χ4v) is 2.69. The first-order valence-corrected chi connectivity index (χ1v) is 8.59. The largest absolute Gasteiger partial charge is 0.389 e. The zero-order valence-corrected chi connectivity index (χ0v) is 17.6. The summed E-state index contributed by atoms with van der Waals surface area (Å²) < 4.78 is 5.53. The maximum atomic E-state index is 10.0. The van der Waals surface area contributed by atoms with Crippen LogP contribution in [0.1, 0.15) is 47.5 Å². The quantitative estimate of drug-likeness (QED) is 0.364. The van der Waals surface area contributed by atoms with Crippen LogP contribution in [0.3, 0.4) is 0 Å². The van der Waals surface area contributed by atoms with Gasteiger partial charge < -0.3 is 20.1 Å². The van der Waals surface area contributed by atoms with E-state index in [-0.39, 0.29) is 34.9 Å². The topological polar surface area (TPSA) is 57.1 Å². The van der Waals surface area contributed by atoms with Gasteiger partial charge >= 0.3 is 0 Å². The lowest BCUT2D eigenvalue weighted by Gasteiger charge is -2.62. The van der Waals surface area contributed by atoms with Crippen LogP contribution in [0, 0.1) is 11.3 Å². The minimum absolute atomic E-state index is 0. The van der Waals surface area contributed by atoms with Crippen LogP contribution in [-0.4, -0.2) is 60.5 Å². The molecule has 2 rings (SSSR count). The predicted molar refractivity (Wildman–Crippen MR) is 106 cm³/mol. The van der Waals surface area contributed by atoms with Crippen LogP contribution >= 0.6 is 24.0 Å². The summed E-state index contributed by atoms with van der Waals surface area (Å²) in [5.41, 5.74) is 0.344. The molecule has 1 heterocycles. The molecule has 136 valence electrons. The van der Waals surface area contributed by atoms with Gasteiger partial charge in [0.1, 0.15) is 0 Å². The molecule has 0 radical (unpaired) electrons. The van der Waals surface area contributed by atoms with Gasteiger partial charge in [-0.1, -0.05) is 13.8 Å². The number of guanidine groups is 1. The smallest absolute Gasteiger partial charge is 0.194 e. The van der Waals surface area contributed by atoms with Gasteiger partial charge in [-0.25, -0.2) is 0 Å². The van der Waals surface area contributed by atoms with E-state index in [0.717, 1.165) is 31.6 Å². The molecule has 2 N–H and O–H groups in total. The minimum atomic E-state index is -0.523. The molecule has 23 heavy (non-hydrogen) atoms. The third-order valence-corrected chi connectivity index (χ3v) is 5.29. The number of aliphatic hydroxyl groups is 1. The second-order valence-electron chi connectivity index (χ2n) is 7.86. The predicted octanol–water partition coefficient (Wildman–Crippen LogP) is 2.48. The molecule has 0 bridgehead atoms. The number of hydrogen-bond acceptors (Lipinski definition) is 3. The molecular formula is C17H34IN3O2. The number of halogens is 1. The van der Waals surface area contributed by atoms with Crippen molar-refractivity contribution in [1.29, 1.82) is 0 Å². The lowest BCUT2D eigenvalue weighted by molar-refractivity contribution is -0.0669. The Bertz CT molecular complexity index is 409. The number of likely N-dealkylation sites (tertiary alicyclic amines) is 1. The molecule has 1 unspecified atom stereocenters. The van der Waals surface area contributed by atoms with E-state index in [9.17, 15) is 5.11 Å². The molecular weight excluding hydrogens is 405 g/mol. The Morgan fingerprint density at radius 1 is 1.35 bits per heavy atom. The summed E-state index contributed by atoms with van der Waals surface area (Å²) in [6.45, 7) is 14.5. The van der Waals surface area contributed by atoms with Crippen LogP contribution in [0.5, 0.6) is 0 Å². The molecule has 0 aromatic heterocycles. The highest BCUT2D eigenvalue weighted by Gasteiger charge is 2.53. The number of aliphatic imine (C=N–C) groups is 1. The van der Waals surface area contributed by atoms with Gasteiger partial charge in [-0.2, -0.15) is 0 Å². The number of rotatable bonds is 7. The lowest BCUT2D eigenvalue weighted by Crippen LogP contribution is -2.72. The van der Waals surface area contributed by atoms with Crippen molar-refractivity contribution in [3.63, 3.8) is 0 Å². The fraction of sp³-hybridized carbons (Fsp3) is 0.941. The highest BCUT2D eigenvalue weighted by Crippen LogP contribution is 2.46. The van der Waals surface area contributed by atoms with Gasteiger partial charge in [0.15, 0.2) is 5.96 Å². The molecule has 1 aliphatic carbocycles. The molecule has 0 aromatic carbocycles. The van der Waals surface area contributed by atoms with E-state index in [1.54, 1.807) is 0 Å². The van der Waals surface area contributed by atoms with Crippen molar-refractivity contribution < 1.29 is 9.84 Å². The first-order valence-electron chi connectivity index (χ1n) is 8.59. The summed E-state index contributed by atoms with van der Waals surface area (Å²) in [5.74, 6) is 1.63. The zero-order valence-electron chi connectivity index (χ0n) is 15.3. The van der Waals surface area contributed by atoms with Gasteiger partial charge in [0, 0.05) is 30.7 Å². The molecule has 2 aliphatic rings. The fourth-order valence-electron chi connectivity index (χ4n) is 2.69. The molecule has 5 nitrogen and oxygen atoms in total. The molecule has 1 saturated heterocycles. The second-order valence-corrected chi connectivity index (χ2v) is 7.86. The van der Waals surface area contributed by atoms with E-state index >= 15 is 0 Å². The number of aliphatic hydroxyl groups excluding tert-OH is 1. The van der Waals surface area contributed by atoms with Crippen LogP contribution in [0.4, 0.5) is 0 Å². The third-order valence-electron chi connectivity index (χ3n) is 5.29. The average Bonchev–Trinajstić information content (AvgIpc) is 3.25. The maximum absolute atomic E-state index is 10.0. The van der Waals surface area contributed by atoms with Crippen LogP contribution in [0.2, 0.25) is 0 Å². The van der Waals surface area contributed by atoms with E-state index in [2.05, 4.69) is 49.8 Å². The van der Waals surface area contributed by atoms with Gasteiger partial charge in [-0.3, -0.25) is 4.99 Å². The highest BCUT2D eigenvalue weighted by molar-refractivity contribution is 14.0. The Hall–Kier alpha value is -0.0800. The molecule has 1 aliphatic heterocycles. The number of nitrogens with one attached hydrogen (secondary N) is 1. The second kappa shape index (κ2) is 8.34. The molecule has 2 fully saturated rings. The van der Waals surface area contributed by atoms with E-state index in [4.69, 9.17) is 4.74 Å². The summed E-state index contributed by atoms with van der Waals surface area (Å²) >= 11 is 0. The SMILES string of the molecule is CCNC(=NCC(O)COCC1CC1)N1CC(C)(C)C1(C)C.I. The number of nitrogens with zero attached hydrogens (tertiary/aromatic N) is 2. The van der Waals surface area contributed by atoms with Crippen molar-refractivity contribution in [3.05, 3.63) is 0 Å². The molecule has 1 atom stereocenters. The van der Waals surface area contributed by atoms with Crippen LogP contribution in [0.15, 0.2) is 4.99 Å². The van der Waals surface area contributed by atoms with E-state index in [1.807, 2.05) is 0 Å². The molecule has 0 amide bonds. The summed E-state index contributed by atoms with van der Waals surface area (Å²) in [6.07, 6.45) is 2.03. The lowest BCUT2D eigenvalue weighted by atomic mass is 9.65. The Morgan fingerprint density at radius 2 is 2.00 bits per heavy atom. The Balaban J connectivity index is 0.00000264. The maximum Gasteiger partial charge on any atom is 0.194 e. The summed E-state index contributed by atoms with van der Waals surface area (Å²) in [5, 5.41) is 13.4. The summed E-state index contributed by atoms with van der Waals surface area (Å²) in [6, 6.07) is 0. The van der Waals surface area contributed by atoms with Gasteiger partial charge in [-0.15, -0.1) is 24.0 Å². The number of ether oxygens (including phenoxy) is 1. The average molecular weight is 439 g/mol. The van der Waals surface area contributed by atoms with Gasteiger partial charge in [0.2, 0.25) is 0 Å². The molecule has 0 spiro atoms. The Morgan fingerprint density at radius 3 is 2.48 bits per heavy atom. The van der Waals surface area contributed by atoms with Crippen molar-refractivity contribution in [2.24, 2.45) is 16.3 Å². The molecule has 1 saturated carbocycles. The van der Waals surface area contributed by atoms with Crippen LogP contribution < -0.4 is 5.32 Å². The Kier molecular flexibility index (Phi) is 7.60. The van der Waals surface area contributed by atoms with E-state index < -0.39 is 6.10 Å². The van der Waals surface area contributed by atoms with Crippen molar-refractivity contribution in [1.82, 2.24) is 10.2 Å². The van der Waals surface area contributed by atoms with Crippen LogP contribution in [-0.2, 0) is 4.74 Å². The van der Waals surface area contributed by atoms with Gasteiger partial charge in [-0.05, 0) is 39.5 Å². The van der Waals surface area contributed by atoms with Gasteiger partial charge in [0.05, 0.1) is 19.3 Å². The van der Waals surface area contributed by atoms with E-state index in [1.165, 1.54) is 12.8 Å². The van der Waals surface area contributed by atoms with Crippen molar-refractivity contribution in [3.8, 4) is 0 Å². The summed E-state index contributed by atoms with van der Waals surface area (Å²) in [7, 11) is 0. The first kappa shape index (κ1) is 21.0. The zero-order chi connectivity index (χ0) is 16.4. The van der Waals surface area contributed by atoms with Crippen molar-refractivity contribution >= 4 is 29.9 Å². The van der Waals surface area contributed by atoms with E-state index in [0.29, 0.717) is 13.2 Å². The third kappa shape index (κ3) is 5.19. The standard InChI is InChI=1S/C17H33N3O2.HI/c1-6-18-15(20-12-16(2,3)17(20,4)5)19-9-14(21)11-22-10-13-7-8-13;/h13-14,21H,6-12H2,1-5H3,(H,18,19);1H. The molecule has 0 aromatic rings. The minimum Gasteiger partial charge on any atom is -0.389 e. The normalized spacial score (nSPS) is 23.7.